The van der Waals surface area contributed by atoms with Gasteiger partial charge in [0, 0.05) is 38.1 Å². The van der Waals surface area contributed by atoms with E-state index in [0.717, 1.165) is 25.9 Å². The second kappa shape index (κ2) is 12.4. The Morgan fingerprint density at radius 2 is 1.49 bits per heavy atom. The second-order valence-electron chi connectivity index (χ2n) is 12.3. The Hall–Kier alpha value is -1.16. The molecule has 0 radical (unpaired) electrons. The fourth-order valence-electron chi connectivity index (χ4n) is 8.25. The van der Waals surface area contributed by atoms with Gasteiger partial charge in [0.15, 0.2) is 0 Å². The fraction of sp³-hybridized carbons (Fsp3) is 0.750. The van der Waals surface area contributed by atoms with Gasteiger partial charge in [-0.1, -0.05) is 100 Å². The van der Waals surface area contributed by atoms with Crippen LogP contribution < -0.4 is 0 Å². The molecule has 194 valence electrons. The first-order valence-corrected chi connectivity index (χ1v) is 15.1. The van der Waals surface area contributed by atoms with E-state index in [2.05, 4.69) is 52.3 Å². The molecule has 1 N–H and O–H groups in total. The van der Waals surface area contributed by atoms with Crippen LogP contribution in [0.3, 0.4) is 0 Å². The predicted molar refractivity (Wildman–Crippen MR) is 147 cm³/mol. The van der Waals surface area contributed by atoms with Crippen LogP contribution in [-0.4, -0.2) is 59.8 Å². The van der Waals surface area contributed by atoms with Crippen molar-refractivity contribution in [1.29, 1.82) is 0 Å². The summed E-state index contributed by atoms with van der Waals surface area (Å²) < 4.78 is 0. The van der Waals surface area contributed by atoms with E-state index in [9.17, 15) is 5.11 Å². The Labute approximate surface area is 215 Å². The van der Waals surface area contributed by atoms with Gasteiger partial charge in [0.1, 0.15) is 0 Å². The molecule has 1 spiro atoms. The van der Waals surface area contributed by atoms with Crippen LogP contribution in [0.1, 0.15) is 89.9 Å². The highest BCUT2D eigenvalue weighted by Gasteiger charge is 2.58. The number of aliphatic hydroxyl groups excluding tert-OH is 1. The lowest BCUT2D eigenvalue weighted by molar-refractivity contribution is -0.140. The summed E-state index contributed by atoms with van der Waals surface area (Å²) in [5.74, 6) is 1.11. The van der Waals surface area contributed by atoms with Gasteiger partial charge >= 0.3 is 0 Å². The topological polar surface area (TPSA) is 26.7 Å². The van der Waals surface area contributed by atoms with Crippen molar-refractivity contribution in [3.05, 3.63) is 48.1 Å². The molecular weight excluding hydrogens is 428 g/mol. The largest absolute Gasteiger partial charge is 0.388 e. The van der Waals surface area contributed by atoms with Gasteiger partial charge in [-0.3, -0.25) is 4.90 Å². The molecule has 0 amide bonds. The smallest absolute Gasteiger partial charge is 0.0808 e. The van der Waals surface area contributed by atoms with Gasteiger partial charge < -0.3 is 10.0 Å². The Balaban J connectivity index is 1.44. The molecule has 3 saturated heterocycles. The fourth-order valence-corrected chi connectivity index (χ4v) is 8.25. The SMILES string of the molecule is O[C@H]1/C2=C\C/C=C/C=C\C=C/CCN3CC45CCCCCCCCCCCCN(CC1[C@H]4C[C@H]23)C5. The van der Waals surface area contributed by atoms with Crippen molar-refractivity contribution >= 4 is 0 Å². The van der Waals surface area contributed by atoms with Crippen molar-refractivity contribution in [1.82, 2.24) is 9.80 Å². The summed E-state index contributed by atoms with van der Waals surface area (Å²) in [6.45, 7) is 5.96. The average molecular weight is 479 g/mol. The van der Waals surface area contributed by atoms with E-state index in [1.54, 1.807) is 0 Å². The van der Waals surface area contributed by atoms with E-state index in [-0.39, 0.29) is 6.10 Å². The second-order valence-corrected chi connectivity index (χ2v) is 12.3. The van der Waals surface area contributed by atoms with Crippen molar-refractivity contribution in [3.8, 4) is 0 Å². The molecule has 4 fully saturated rings. The number of hydrogen-bond acceptors (Lipinski definition) is 3. The molecule has 5 rings (SSSR count). The molecule has 0 aromatic carbocycles. The standard InChI is InChI=1S/C32H50N2O/c35-31-27-19-15-11-7-3-6-10-14-18-22-34-26-32-20-16-12-8-4-1-2-5-9-13-17-21-33(25-32)24-28(31)29(32)23-30(27)34/h3,6-7,10-11,14,19,28-31,35H,1-2,4-5,8-9,12-13,15-18,20-26H2/b6-3-,11-7+,14-10-,27-19-/t28?,29-,30-,31+,32?/m1/s1. The third-order valence-corrected chi connectivity index (χ3v) is 9.96. The predicted octanol–water partition coefficient (Wildman–Crippen LogP) is 6.66. The van der Waals surface area contributed by atoms with Gasteiger partial charge in [-0.05, 0) is 55.6 Å². The third-order valence-electron chi connectivity index (χ3n) is 9.96. The van der Waals surface area contributed by atoms with Gasteiger partial charge in [-0.15, -0.1) is 0 Å². The highest BCUT2D eigenvalue weighted by atomic mass is 16.3. The lowest BCUT2D eigenvalue weighted by atomic mass is 9.54. The minimum Gasteiger partial charge on any atom is -0.388 e. The van der Waals surface area contributed by atoms with Crippen LogP contribution >= 0.6 is 0 Å². The zero-order valence-corrected chi connectivity index (χ0v) is 22.1. The number of aliphatic hydroxyl groups is 1. The zero-order valence-electron chi connectivity index (χ0n) is 22.1. The molecular formula is C32H50N2O. The van der Waals surface area contributed by atoms with Crippen molar-refractivity contribution in [2.24, 2.45) is 17.3 Å². The minimum atomic E-state index is -0.268. The molecule has 0 aromatic heterocycles. The molecule has 4 heterocycles. The van der Waals surface area contributed by atoms with Crippen LogP contribution in [0.5, 0.6) is 0 Å². The van der Waals surface area contributed by atoms with Crippen molar-refractivity contribution < 1.29 is 5.11 Å². The van der Waals surface area contributed by atoms with Crippen molar-refractivity contribution in [3.63, 3.8) is 0 Å². The lowest BCUT2D eigenvalue weighted by Crippen LogP contribution is -2.68. The summed E-state index contributed by atoms with van der Waals surface area (Å²) in [5.41, 5.74) is 1.70. The average Bonchev–Trinajstić information content (AvgIpc) is 2.87. The monoisotopic (exact) mass is 478 g/mol. The van der Waals surface area contributed by atoms with Gasteiger partial charge in [-0.2, -0.15) is 0 Å². The van der Waals surface area contributed by atoms with E-state index in [0.29, 0.717) is 23.3 Å². The number of nitrogens with zero attached hydrogens (tertiary/aromatic N) is 2. The lowest BCUT2D eigenvalue weighted by Gasteiger charge is -2.63. The van der Waals surface area contributed by atoms with Crippen molar-refractivity contribution in [2.75, 3.05) is 32.7 Å². The highest BCUT2D eigenvalue weighted by Crippen LogP contribution is 2.55. The summed E-state index contributed by atoms with van der Waals surface area (Å²) in [6.07, 6.45) is 34.1. The maximum Gasteiger partial charge on any atom is 0.0808 e. The van der Waals surface area contributed by atoms with Crippen LogP contribution in [-0.2, 0) is 0 Å². The van der Waals surface area contributed by atoms with E-state index < -0.39 is 0 Å². The summed E-state index contributed by atoms with van der Waals surface area (Å²) in [5, 5.41) is 11.9. The quantitative estimate of drug-likeness (QED) is 0.394. The van der Waals surface area contributed by atoms with Gasteiger partial charge in [0.2, 0.25) is 0 Å². The molecule has 1 aliphatic carbocycles. The molecule has 5 aliphatic rings. The molecule has 4 bridgehead atoms. The molecule has 6 atom stereocenters. The number of piperidine rings is 2. The summed E-state index contributed by atoms with van der Waals surface area (Å²) >= 11 is 0. The zero-order chi connectivity index (χ0) is 23.9. The normalized spacial score (nSPS) is 44.0. The van der Waals surface area contributed by atoms with Crippen LogP contribution in [0.25, 0.3) is 0 Å². The first kappa shape index (κ1) is 25.5. The Kier molecular flexibility index (Phi) is 9.02. The molecule has 3 heteroatoms. The molecule has 4 aliphatic heterocycles. The first-order valence-electron chi connectivity index (χ1n) is 15.1. The van der Waals surface area contributed by atoms with E-state index in [4.69, 9.17) is 0 Å². The van der Waals surface area contributed by atoms with Crippen LogP contribution in [0.2, 0.25) is 0 Å². The van der Waals surface area contributed by atoms with Gasteiger partial charge in [-0.25, -0.2) is 0 Å². The minimum absolute atomic E-state index is 0.268. The summed E-state index contributed by atoms with van der Waals surface area (Å²) in [6, 6.07) is 0.440. The molecule has 0 aromatic rings. The molecule has 3 nitrogen and oxygen atoms in total. The Morgan fingerprint density at radius 1 is 0.771 bits per heavy atom. The third kappa shape index (κ3) is 6.05. The van der Waals surface area contributed by atoms with E-state index in [1.165, 1.54) is 102 Å². The number of allylic oxidation sites excluding steroid dienone is 6. The van der Waals surface area contributed by atoms with Gasteiger partial charge in [0.25, 0.3) is 0 Å². The van der Waals surface area contributed by atoms with Crippen LogP contribution in [0.15, 0.2) is 48.1 Å². The molecule has 3 unspecified atom stereocenters. The number of rotatable bonds is 0. The number of fused-ring (bicyclic) bond motifs is 1. The maximum atomic E-state index is 11.9. The van der Waals surface area contributed by atoms with Gasteiger partial charge in [0.05, 0.1) is 6.10 Å². The summed E-state index contributed by atoms with van der Waals surface area (Å²) in [7, 11) is 0. The maximum absolute atomic E-state index is 11.9. The van der Waals surface area contributed by atoms with Crippen LogP contribution in [0, 0.1) is 17.3 Å². The molecule has 35 heavy (non-hydrogen) atoms. The molecule has 1 saturated carbocycles. The van der Waals surface area contributed by atoms with Crippen LogP contribution in [0.4, 0.5) is 0 Å². The first-order chi connectivity index (χ1) is 17.3. The highest BCUT2D eigenvalue weighted by molar-refractivity contribution is 5.28. The number of hydrogen-bond donors (Lipinski definition) is 1. The summed E-state index contributed by atoms with van der Waals surface area (Å²) in [4.78, 5) is 5.60. The van der Waals surface area contributed by atoms with Crippen molar-refractivity contribution in [2.45, 2.75) is 102 Å². The Morgan fingerprint density at radius 3 is 2.29 bits per heavy atom. The van der Waals surface area contributed by atoms with E-state index in [1.807, 2.05) is 0 Å². The van der Waals surface area contributed by atoms with E-state index >= 15 is 0 Å². The Bertz CT molecular complexity index is 797.